The van der Waals surface area contributed by atoms with Crippen LogP contribution >= 0.6 is 0 Å². The Labute approximate surface area is 125 Å². The van der Waals surface area contributed by atoms with Crippen LogP contribution in [0.2, 0.25) is 0 Å². The van der Waals surface area contributed by atoms with Gasteiger partial charge in [-0.05, 0) is 25.2 Å². The van der Waals surface area contributed by atoms with E-state index in [1.807, 2.05) is 0 Å². The van der Waals surface area contributed by atoms with Crippen LogP contribution < -0.4 is 0 Å². The zero-order chi connectivity index (χ0) is 14.8. The zero-order valence-corrected chi connectivity index (χ0v) is 13.5. The summed E-state index contributed by atoms with van der Waals surface area (Å²) < 4.78 is 5.41. The maximum absolute atomic E-state index is 11.4. The Morgan fingerprint density at radius 2 is 1.85 bits per heavy atom. The summed E-state index contributed by atoms with van der Waals surface area (Å²) in [5.41, 5.74) is 0.242. The van der Waals surface area contributed by atoms with Gasteiger partial charge < -0.3 is 4.74 Å². The topological polar surface area (TPSA) is 26.3 Å². The van der Waals surface area contributed by atoms with Gasteiger partial charge in [-0.25, -0.2) is 4.79 Å². The second-order valence-electron chi connectivity index (χ2n) is 6.87. The molecule has 1 aliphatic carbocycles. The molecule has 0 unspecified atom stereocenters. The predicted octanol–water partition coefficient (Wildman–Crippen LogP) is 5.27. The summed E-state index contributed by atoms with van der Waals surface area (Å²) in [6, 6.07) is 0. The Bertz CT molecular complexity index is 286. The molecule has 2 nitrogen and oxygen atoms in total. The van der Waals surface area contributed by atoms with Crippen molar-refractivity contribution >= 4 is 5.97 Å². The molecule has 0 heterocycles. The van der Waals surface area contributed by atoms with E-state index in [1.54, 1.807) is 0 Å². The molecule has 0 aromatic heterocycles. The first-order chi connectivity index (χ1) is 9.58. The van der Waals surface area contributed by atoms with Crippen molar-refractivity contribution in [1.29, 1.82) is 0 Å². The van der Waals surface area contributed by atoms with E-state index in [-0.39, 0.29) is 11.4 Å². The fraction of sp³-hybridized carbons (Fsp3) is 0.833. The van der Waals surface area contributed by atoms with Gasteiger partial charge in [-0.15, -0.1) is 0 Å². The van der Waals surface area contributed by atoms with Gasteiger partial charge >= 0.3 is 5.97 Å². The smallest absolute Gasteiger partial charge is 0.330 e. The minimum Gasteiger partial charge on any atom is -0.462 e. The molecule has 1 aliphatic rings. The van der Waals surface area contributed by atoms with E-state index in [9.17, 15) is 4.79 Å². The highest BCUT2D eigenvalue weighted by Gasteiger charge is 2.31. The van der Waals surface area contributed by atoms with E-state index in [1.165, 1.54) is 70.3 Å². The molecule has 0 aromatic rings. The van der Waals surface area contributed by atoms with Crippen LogP contribution in [0.25, 0.3) is 0 Å². The van der Waals surface area contributed by atoms with Gasteiger partial charge in [0, 0.05) is 11.5 Å². The van der Waals surface area contributed by atoms with Crippen LogP contribution in [0.5, 0.6) is 0 Å². The highest BCUT2D eigenvalue weighted by molar-refractivity contribution is 5.81. The van der Waals surface area contributed by atoms with Gasteiger partial charge in [0.05, 0.1) is 6.61 Å². The number of carbonyl (C=O) groups is 1. The van der Waals surface area contributed by atoms with Gasteiger partial charge in [-0.3, -0.25) is 0 Å². The molecule has 0 radical (unpaired) electrons. The number of esters is 1. The van der Waals surface area contributed by atoms with Crippen LogP contribution in [0, 0.1) is 11.3 Å². The third-order valence-electron chi connectivity index (χ3n) is 4.59. The lowest BCUT2D eigenvalue weighted by molar-refractivity contribution is -0.142. The van der Waals surface area contributed by atoms with Crippen LogP contribution in [-0.4, -0.2) is 12.6 Å². The lowest BCUT2D eigenvalue weighted by Gasteiger charge is -2.32. The van der Waals surface area contributed by atoms with Gasteiger partial charge in [0.2, 0.25) is 0 Å². The molecule has 0 N–H and O–H groups in total. The standard InChI is InChI=1S/C18H32O2/c1-4-17(19)20-15-18(12-8-5-6-9-13-18)14-10-7-11-16(2)3/h4,16H,1,5-15H2,2-3H3. The number of hydrogen-bond acceptors (Lipinski definition) is 2. The largest absolute Gasteiger partial charge is 0.462 e. The van der Waals surface area contributed by atoms with E-state index < -0.39 is 0 Å². The van der Waals surface area contributed by atoms with Gasteiger partial charge in [0.15, 0.2) is 0 Å². The van der Waals surface area contributed by atoms with E-state index in [4.69, 9.17) is 4.74 Å². The first-order valence-electron chi connectivity index (χ1n) is 8.37. The third kappa shape index (κ3) is 6.58. The molecule has 20 heavy (non-hydrogen) atoms. The van der Waals surface area contributed by atoms with E-state index in [0.29, 0.717) is 6.61 Å². The third-order valence-corrected chi connectivity index (χ3v) is 4.59. The van der Waals surface area contributed by atoms with Crippen molar-refractivity contribution in [3.8, 4) is 0 Å². The summed E-state index contributed by atoms with van der Waals surface area (Å²) in [4.78, 5) is 11.4. The molecule has 1 fully saturated rings. The number of unbranched alkanes of at least 4 members (excludes halogenated alkanes) is 1. The molecule has 0 atom stereocenters. The molecule has 0 saturated heterocycles. The highest BCUT2D eigenvalue weighted by Crippen LogP contribution is 2.40. The number of hydrogen-bond donors (Lipinski definition) is 0. The average Bonchev–Trinajstić information content (AvgIpc) is 2.67. The fourth-order valence-electron chi connectivity index (χ4n) is 3.28. The first kappa shape index (κ1) is 17.3. The summed E-state index contributed by atoms with van der Waals surface area (Å²) in [6.45, 7) is 8.65. The zero-order valence-electron chi connectivity index (χ0n) is 13.5. The normalized spacial score (nSPS) is 18.6. The van der Waals surface area contributed by atoms with Gasteiger partial charge in [-0.2, -0.15) is 0 Å². The SMILES string of the molecule is C=CC(=O)OCC1(CCCCC(C)C)CCCCCC1. The maximum Gasteiger partial charge on any atom is 0.330 e. The molecule has 1 saturated carbocycles. The van der Waals surface area contributed by atoms with Crippen molar-refractivity contribution in [2.24, 2.45) is 11.3 Å². The van der Waals surface area contributed by atoms with Crippen LogP contribution in [-0.2, 0) is 9.53 Å². The first-order valence-corrected chi connectivity index (χ1v) is 8.37. The van der Waals surface area contributed by atoms with Crippen molar-refractivity contribution in [1.82, 2.24) is 0 Å². The summed E-state index contributed by atoms with van der Waals surface area (Å²) in [6.07, 6.45) is 14.1. The fourth-order valence-corrected chi connectivity index (χ4v) is 3.28. The van der Waals surface area contributed by atoms with E-state index >= 15 is 0 Å². The maximum atomic E-state index is 11.4. The molecule has 2 heteroatoms. The van der Waals surface area contributed by atoms with Crippen LogP contribution in [0.1, 0.15) is 78.1 Å². The van der Waals surface area contributed by atoms with Gasteiger partial charge in [0.25, 0.3) is 0 Å². The van der Waals surface area contributed by atoms with Crippen LogP contribution in [0.3, 0.4) is 0 Å². The molecular weight excluding hydrogens is 248 g/mol. The van der Waals surface area contributed by atoms with Gasteiger partial charge in [0.1, 0.15) is 0 Å². The molecule has 0 aromatic carbocycles. The molecule has 116 valence electrons. The Hall–Kier alpha value is -0.790. The highest BCUT2D eigenvalue weighted by atomic mass is 16.5. The quantitative estimate of drug-likeness (QED) is 0.262. The number of rotatable bonds is 8. The number of carbonyl (C=O) groups excluding carboxylic acids is 1. The lowest BCUT2D eigenvalue weighted by Crippen LogP contribution is -2.28. The Balaban J connectivity index is 2.48. The Morgan fingerprint density at radius 1 is 1.20 bits per heavy atom. The van der Waals surface area contributed by atoms with Crippen molar-refractivity contribution in [2.45, 2.75) is 78.1 Å². The summed E-state index contributed by atoms with van der Waals surface area (Å²) >= 11 is 0. The van der Waals surface area contributed by atoms with Gasteiger partial charge in [-0.1, -0.05) is 65.4 Å². The van der Waals surface area contributed by atoms with Crippen LogP contribution in [0.15, 0.2) is 12.7 Å². The molecular formula is C18H32O2. The summed E-state index contributed by atoms with van der Waals surface area (Å²) in [5, 5.41) is 0. The van der Waals surface area contributed by atoms with Crippen molar-refractivity contribution in [3.63, 3.8) is 0 Å². The van der Waals surface area contributed by atoms with Crippen molar-refractivity contribution < 1.29 is 9.53 Å². The van der Waals surface area contributed by atoms with Crippen molar-refractivity contribution in [2.75, 3.05) is 6.61 Å². The minimum absolute atomic E-state index is 0.242. The van der Waals surface area contributed by atoms with E-state index in [0.717, 1.165) is 5.92 Å². The Kier molecular flexibility index (Phi) is 7.94. The molecule has 0 bridgehead atoms. The number of ether oxygens (including phenoxy) is 1. The minimum atomic E-state index is -0.268. The van der Waals surface area contributed by atoms with Crippen molar-refractivity contribution in [3.05, 3.63) is 12.7 Å². The predicted molar refractivity (Wildman–Crippen MR) is 84.6 cm³/mol. The molecule has 0 spiro atoms. The summed E-state index contributed by atoms with van der Waals surface area (Å²) in [7, 11) is 0. The molecule has 1 rings (SSSR count). The second-order valence-corrected chi connectivity index (χ2v) is 6.87. The lowest BCUT2D eigenvalue weighted by atomic mass is 9.76. The average molecular weight is 280 g/mol. The van der Waals surface area contributed by atoms with E-state index in [2.05, 4.69) is 20.4 Å². The Morgan fingerprint density at radius 3 is 2.40 bits per heavy atom. The monoisotopic (exact) mass is 280 g/mol. The second kappa shape index (κ2) is 9.20. The summed E-state index contributed by atoms with van der Waals surface area (Å²) in [5.74, 6) is 0.523. The molecule has 0 amide bonds. The van der Waals surface area contributed by atoms with Crippen LogP contribution in [0.4, 0.5) is 0 Å². The molecule has 0 aliphatic heterocycles.